The first-order chi connectivity index (χ1) is 21.6. The van der Waals surface area contributed by atoms with E-state index < -0.39 is 0 Å². The maximum atomic E-state index is 9.18. The van der Waals surface area contributed by atoms with Gasteiger partial charge in [0.25, 0.3) is 0 Å². The molecule has 0 aromatic heterocycles. The Labute approximate surface area is 261 Å². The molecule has 0 bridgehead atoms. The van der Waals surface area contributed by atoms with E-state index in [1.54, 1.807) is 67.9 Å². The fourth-order valence-electron chi connectivity index (χ4n) is 3.43. The van der Waals surface area contributed by atoms with E-state index in [9.17, 15) is 5.26 Å². The van der Waals surface area contributed by atoms with E-state index in [-0.39, 0.29) is 6.44 Å². The van der Waals surface area contributed by atoms with Crippen LogP contribution >= 0.6 is 0 Å². The summed E-state index contributed by atoms with van der Waals surface area (Å²) in [5.74, 6) is 14.0. The maximum absolute atomic E-state index is 9.18. The molecule has 4 rings (SSSR count). The Morgan fingerprint density at radius 2 is 1.05 bits per heavy atom. The molecule has 0 aliphatic heterocycles. The van der Waals surface area contributed by atoms with Gasteiger partial charge < -0.3 is 0 Å². The molecule has 0 saturated carbocycles. The Morgan fingerprint density at radius 1 is 0.636 bits per heavy atom. The van der Waals surface area contributed by atoms with Crippen LogP contribution in [0.15, 0.2) is 102 Å². The predicted octanol–water partition coefficient (Wildman–Crippen LogP) is 5.56. The van der Waals surface area contributed by atoms with Gasteiger partial charge in [-0.15, -0.1) is 6.42 Å². The Morgan fingerprint density at radius 3 is 1.48 bits per heavy atom. The fourth-order valence-corrected chi connectivity index (χ4v) is 3.43. The van der Waals surface area contributed by atoms with Crippen molar-refractivity contribution >= 4 is 20.8 Å². The van der Waals surface area contributed by atoms with E-state index >= 15 is 0 Å². The minimum absolute atomic E-state index is 0.0731. The highest BCUT2D eigenvalue weighted by molar-refractivity contribution is 6.44. The van der Waals surface area contributed by atoms with Crippen LogP contribution in [0.1, 0.15) is 44.5 Å². The molecule has 201 valence electrons. The maximum Gasteiger partial charge on any atom is 0.213 e. The molecular formula is C37H22B2N5. The van der Waals surface area contributed by atoms with Gasteiger partial charge in [0.05, 0.1) is 36.2 Å². The fraction of sp³-hybridized carbons (Fsp3) is 0.0541. The highest BCUT2D eigenvalue weighted by Crippen LogP contribution is 2.10. The molecule has 0 saturated heterocycles. The summed E-state index contributed by atoms with van der Waals surface area (Å²) in [6.07, 6.45) is 5.20. The quantitative estimate of drug-likeness (QED) is 0.183. The van der Waals surface area contributed by atoms with Crippen LogP contribution in [0.25, 0.3) is 0 Å². The molecule has 0 aliphatic carbocycles. The topological polar surface area (TPSA) is 108 Å². The van der Waals surface area contributed by atoms with Gasteiger partial charge in [0.2, 0.25) is 7.28 Å². The number of nitriles is 4. The van der Waals surface area contributed by atoms with Crippen LogP contribution in [0.5, 0.6) is 0 Å². The molecule has 0 unspecified atom stereocenters. The second-order valence-corrected chi connectivity index (χ2v) is 8.27. The number of rotatable bonds is 2. The van der Waals surface area contributed by atoms with Crippen molar-refractivity contribution in [2.45, 2.75) is 6.82 Å². The normalized spacial score (nSPS) is 8.86. The summed E-state index contributed by atoms with van der Waals surface area (Å²) in [6.45, 7) is 1.86. The van der Waals surface area contributed by atoms with Gasteiger partial charge in [-0.05, 0) is 48.4 Å². The number of aliphatic imine (C=N–C) groups is 1. The van der Waals surface area contributed by atoms with Crippen molar-refractivity contribution in [1.82, 2.24) is 0 Å². The van der Waals surface area contributed by atoms with E-state index in [0.29, 0.717) is 44.7 Å². The van der Waals surface area contributed by atoms with Gasteiger partial charge in [-0.3, -0.25) is 4.99 Å². The van der Waals surface area contributed by atoms with Crippen LogP contribution in [-0.2, 0) is 0 Å². The van der Waals surface area contributed by atoms with Crippen LogP contribution in [0.4, 0.5) is 0 Å². The van der Waals surface area contributed by atoms with Gasteiger partial charge in [-0.25, -0.2) is 0 Å². The van der Waals surface area contributed by atoms with Crippen molar-refractivity contribution in [2.24, 2.45) is 4.99 Å². The summed E-state index contributed by atoms with van der Waals surface area (Å²) in [5, 5.41) is 35.4. The van der Waals surface area contributed by atoms with E-state index in [1.807, 2.05) is 49.3 Å². The number of hydrogen-bond acceptors (Lipinski definition) is 5. The van der Waals surface area contributed by atoms with Crippen LogP contribution in [0.2, 0.25) is 6.82 Å². The molecule has 0 heterocycles. The lowest BCUT2D eigenvalue weighted by atomic mass is 9.84. The van der Waals surface area contributed by atoms with E-state index in [4.69, 9.17) is 30.1 Å². The van der Waals surface area contributed by atoms with E-state index in [0.717, 1.165) is 5.56 Å². The first-order valence-electron chi connectivity index (χ1n) is 13.1. The lowest BCUT2D eigenvalue weighted by Crippen LogP contribution is -2.02. The minimum atomic E-state index is 0.0731. The average Bonchev–Trinajstić information content (AvgIpc) is 3.09. The minimum Gasteiger partial charge on any atom is -0.285 e. The molecule has 7 heteroatoms. The first kappa shape index (κ1) is 33.5. The molecule has 0 aliphatic rings. The molecule has 0 amide bonds. The predicted molar refractivity (Wildman–Crippen MR) is 175 cm³/mol. The monoisotopic (exact) mass is 558 g/mol. The van der Waals surface area contributed by atoms with E-state index in [1.165, 1.54) is 0 Å². The number of hydrogen-bond donors (Lipinski definition) is 0. The van der Waals surface area contributed by atoms with Crippen LogP contribution in [-0.4, -0.2) is 27.3 Å². The van der Waals surface area contributed by atoms with Gasteiger partial charge in [-0.2, -0.15) is 26.9 Å². The average molecular weight is 558 g/mol. The summed E-state index contributed by atoms with van der Waals surface area (Å²) in [6, 6.07) is 36.8. The molecule has 5 nitrogen and oxygen atoms in total. The van der Waals surface area contributed by atoms with Crippen LogP contribution in [0.3, 0.4) is 0 Å². The molecule has 3 radical (unpaired) electrons. The number of terminal acetylenes is 1. The van der Waals surface area contributed by atoms with Gasteiger partial charge in [0.1, 0.15) is 23.9 Å². The van der Waals surface area contributed by atoms with Crippen molar-refractivity contribution in [3.8, 4) is 60.2 Å². The molecule has 0 fully saturated rings. The third-order valence-corrected chi connectivity index (χ3v) is 5.52. The van der Waals surface area contributed by atoms with Gasteiger partial charge in [0, 0.05) is 28.7 Å². The van der Waals surface area contributed by atoms with Crippen molar-refractivity contribution in [2.75, 3.05) is 6.44 Å². The lowest BCUT2D eigenvalue weighted by Gasteiger charge is -2.02. The van der Waals surface area contributed by atoms with Crippen molar-refractivity contribution in [1.29, 1.82) is 21.0 Å². The zero-order chi connectivity index (χ0) is 32.0. The SMILES string of the molecule is C#Cc1ccccc1C#N.C[B]C#Cc1ccccc1C#N.[B]CN=C(C#Cc1ccccc1C#N)c1ccccc1C#N. The molecule has 0 atom stereocenters. The third kappa shape index (κ3) is 10.4. The van der Waals surface area contributed by atoms with Crippen molar-refractivity contribution in [3.05, 3.63) is 142 Å². The van der Waals surface area contributed by atoms with Gasteiger partial charge in [-0.1, -0.05) is 79.2 Å². The summed E-state index contributed by atoms with van der Waals surface area (Å²) in [7, 11) is 7.25. The Bertz CT molecular complexity index is 1940. The standard InChI is InChI=1S/C18H10BN3.C10H7BN.C9H5N/c19-13-22-18(17-8-4-3-7-16(17)12-21)10-9-14-5-1-2-6-15(14)11-20;1-11-7-6-9-4-2-3-5-10(9)8-12;1-2-8-5-3-4-6-9(8)7-10/h1-8H,13H2;2-5H,1H3;1,3-6H. The zero-order valence-corrected chi connectivity index (χ0v) is 23.9. The lowest BCUT2D eigenvalue weighted by molar-refractivity contribution is 1.36. The first-order valence-corrected chi connectivity index (χ1v) is 13.1. The molecule has 4 aromatic carbocycles. The van der Waals surface area contributed by atoms with Crippen molar-refractivity contribution in [3.63, 3.8) is 0 Å². The largest absolute Gasteiger partial charge is 0.285 e. The third-order valence-electron chi connectivity index (χ3n) is 5.52. The highest BCUT2D eigenvalue weighted by Gasteiger charge is 2.06. The summed E-state index contributed by atoms with van der Waals surface area (Å²) in [5.41, 5.74) is 5.31. The molecule has 0 N–H and O–H groups in total. The summed E-state index contributed by atoms with van der Waals surface area (Å²) < 4.78 is 0. The van der Waals surface area contributed by atoms with Crippen LogP contribution in [0, 0.1) is 81.2 Å². The Balaban J connectivity index is 0.000000257. The number of benzene rings is 4. The van der Waals surface area contributed by atoms with Gasteiger partial charge in [0.15, 0.2) is 0 Å². The second kappa shape index (κ2) is 19.4. The summed E-state index contributed by atoms with van der Waals surface area (Å²) in [4.78, 5) is 4.16. The number of nitrogens with zero attached hydrogens (tertiary/aromatic N) is 5. The summed E-state index contributed by atoms with van der Waals surface area (Å²) >= 11 is 0. The van der Waals surface area contributed by atoms with E-state index in [2.05, 4.69) is 52.7 Å². The Kier molecular flexibility index (Phi) is 14.8. The second-order valence-electron chi connectivity index (χ2n) is 8.27. The van der Waals surface area contributed by atoms with Gasteiger partial charge >= 0.3 is 0 Å². The smallest absolute Gasteiger partial charge is 0.213 e. The van der Waals surface area contributed by atoms with Crippen molar-refractivity contribution < 1.29 is 0 Å². The van der Waals surface area contributed by atoms with Crippen LogP contribution < -0.4 is 0 Å². The molecule has 0 spiro atoms. The molecule has 44 heavy (non-hydrogen) atoms. The zero-order valence-electron chi connectivity index (χ0n) is 23.9. The molecule has 4 aromatic rings. The Hall–Kier alpha value is -6.68. The molecular weight excluding hydrogens is 536 g/mol. The highest BCUT2D eigenvalue weighted by atomic mass is 14.7.